The summed E-state index contributed by atoms with van der Waals surface area (Å²) >= 11 is 0. The van der Waals surface area contributed by atoms with Gasteiger partial charge in [0.1, 0.15) is 0 Å². The first-order chi connectivity index (χ1) is 9.35. The van der Waals surface area contributed by atoms with E-state index in [-0.39, 0.29) is 11.3 Å². The average Bonchev–Trinajstić information content (AvgIpc) is 2.70. The highest BCUT2D eigenvalue weighted by Gasteiger charge is 2.22. The minimum atomic E-state index is -0.0272. The first-order valence-electron chi connectivity index (χ1n) is 7.27. The Balaban J connectivity index is 2.02. The second kappa shape index (κ2) is 5.91. The Morgan fingerprint density at radius 2 is 2.05 bits per heavy atom. The molecule has 6 nitrogen and oxygen atoms in total. The van der Waals surface area contributed by atoms with E-state index in [1.165, 1.54) is 0 Å². The summed E-state index contributed by atoms with van der Waals surface area (Å²) in [5.74, 6) is 1.79. The van der Waals surface area contributed by atoms with Crippen LogP contribution in [0, 0.1) is 5.41 Å². The number of amides is 1. The maximum atomic E-state index is 12.0. The molecule has 1 fully saturated rings. The lowest BCUT2D eigenvalue weighted by molar-refractivity contribution is -0.117. The Morgan fingerprint density at radius 1 is 1.40 bits per heavy atom. The molecule has 0 saturated carbocycles. The van der Waals surface area contributed by atoms with Crippen molar-refractivity contribution >= 4 is 11.9 Å². The van der Waals surface area contributed by atoms with E-state index in [0.717, 1.165) is 31.8 Å². The van der Waals surface area contributed by atoms with Crippen LogP contribution in [0.25, 0.3) is 0 Å². The lowest BCUT2D eigenvalue weighted by Crippen LogP contribution is -2.27. The summed E-state index contributed by atoms with van der Waals surface area (Å²) in [6, 6.07) is 0. The maximum absolute atomic E-state index is 12.0. The summed E-state index contributed by atoms with van der Waals surface area (Å²) in [5, 5.41) is 10.6. The summed E-state index contributed by atoms with van der Waals surface area (Å²) in [7, 11) is 1.82. The molecule has 0 aliphatic carbocycles. The molecule has 0 unspecified atom stereocenters. The number of hydrogen-bond donors (Lipinski definition) is 2. The van der Waals surface area contributed by atoms with E-state index in [1.54, 1.807) is 4.68 Å². The predicted molar refractivity (Wildman–Crippen MR) is 78.5 cm³/mol. The lowest BCUT2D eigenvalue weighted by Gasteiger charge is -2.19. The third kappa shape index (κ3) is 4.03. The van der Waals surface area contributed by atoms with E-state index in [1.807, 2.05) is 27.8 Å². The van der Waals surface area contributed by atoms with Crippen LogP contribution in [0.1, 0.15) is 51.8 Å². The van der Waals surface area contributed by atoms with E-state index < -0.39 is 0 Å². The molecule has 6 heteroatoms. The Labute approximate surface area is 120 Å². The molecule has 0 atom stereocenters. The van der Waals surface area contributed by atoms with Gasteiger partial charge in [-0.05, 0) is 31.3 Å². The molecule has 2 heterocycles. The number of aromatic nitrogens is 3. The number of hydrogen-bond acceptors (Lipinski definition) is 4. The number of rotatable bonds is 3. The van der Waals surface area contributed by atoms with Gasteiger partial charge in [-0.3, -0.25) is 10.1 Å². The van der Waals surface area contributed by atoms with Crippen LogP contribution in [0.2, 0.25) is 0 Å². The summed E-state index contributed by atoms with van der Waals surface area (Å²) in [6.45, 7) is 8.15. The van der Waals surface area contributed by atoms with Crippen LogP contribution in [-0.2, 0) is 11.8 Å². The quantitative estimate of drug-likeness (QED) is 0.882. The van der Waals surface area contributed by atoms with Gasteiger partial charge >= 0.3 is 0 Å². The SMILES string of the molecule is Cn1nc(C2CCNCC2)nc1NC(=O)CC(C)(C)C. The van der Waals surface area contributed by atoms with Gasteiger partial charge in [0.05, 0.1) is 0 Å². The van der Waals surface area contributed by atoms with E-state index in [4.69, 9.17) is 0 Å². The molecular weight excluding hydrogens is 254 g/mol. The fourth-order valence-corrected chi connectivity index (χ4v) is 2.42. The highest BCUT2D eigenvalue weighted by molar-refractivity contribution is 5.89. The van der Waals surface area contributed by atoms with Crippen LogP contribution < -0.4 is 10.6 Å². The summed E-state index contributed by atoms with van der Waals surface area (Å²) in [4.78, 5) is 16.5. The molecule has 1 aliphatic rings. The predicted octanol–water partition coefficient (Wildman–Crippen LogP) is 1.66. The zero-order valence-electron chi connectivity index (χ0n) is 12.9. The molecule has 1 aromatic rings. The second-order valence-corrected chi connectivity index (χ2v) is 6.73. The minimum absolute atomic E-state index is 0.00939. The molecule has 1 aromatic heterocycles. The van der Waals surface area contributed by atoms with Crippen molar-refractivity contribution < 1.29 is 4.79 Å². The summed E-state index contributed by atoms with van der Waals surface area (Å²) < 4.78 is 1.66. The molecule has 1 aliphatic heterocycles. The molecule has 112 valence electrons. The van der Waals surface area contributed by atoms with Crippen LogP contribution in [0.4, 0.5) is 5.95 Å². The summed E-state index contributed by atoms with van der Waals surface area (Å²) in [5.41, 5.74) is -0.0272. The van der Waals surface area contributed by atoms with Gasteiger partial charge in [0, 0.05) is 19.4 Å². The molecular formula is C14H25N5O. The van der Waals surface area contributed by atoms with E-state index >= 15 is 0 Å². The smallest absolute Gasteiger partial charge is 0.227 e. The van der Waals surface area contributed by atoms with Crippen LogP contribution in [0.3, 0.4) is 0 Å². The first kappa shape index (κ1) is 15.0. The highest BCUT2D eigenvalue weighted by atomic mass is 16.1. The van der Waals surface area contributed by atoms with Gasteiger partial charge in [0.25, 0.3) is 0 Å². The monoisotopic (exact) mass is 279 g/mol. The number of nitrogens with one attached hydrogen (secondary N) is 2. The van der Waals surface area contributed by atoms with Crippen molar-refractivity contribution in [3.05, 3.63) is 5.82 Å². The van der Waals surface area contributed by atoms with E-state index in [0.29, 0.717) is 18.3 Å². The van der Waals surface area contributed by atoms with Crippen molar-refractivity contribution in [2.24, 2.45) is 12.5 Å². The fraction of sp³-hybridized carbons (Fsp3) is 0.786. The molecule has 1 saturated heterocycles. The Hall–Kier alpha value is -1.43. The zero-order chi connectivity index (χ0) is 14.8. The second-order valence-electron chi connectivity index (χ2n) is 6.73. The number of piperidine rings is 1. The van der Waals surface area contributed by atoms with E-state index in [9.17, 15) is 4.79 Å². The summed E-state index contributed by atoms with van der Waals surface area (Å²) in [6.07, 6.45) is 2.58. The fourth-order valence-electron chi connectivity index (χ4n) is 2.42. The normalized spacial score (nSPS) is 17.2. The molecule has 2 rings (SSSR count). The van der Waals surface area contributed by atoms with Gasteiger partial charge in [0.2, 0.25) is 11.9 Å². The van der Waals surface area contributed by atoms with Crippen LogP contribution in [0.5, 0.6) is 0 Å². The third-order valence-electron chi connectivity index (χ3n) is 3.43. The minimum Gasteiger partial charge on any atom is -0.317 e. The van der Waals surface area contributed by atoms with Gasteiger partial charge in [-0.2, -0.15) is 10.1 Å². The van der Waals surface area contributed by atoms with Crippen LogP contribution >= 0.6 is 0 Å². The van der Waals surface area contributed by atoms with Crippen LogP contribution in [0.15, 0.2) is 0 Å². The van der Waals surface area contributed by atoms with Crippen molar-refractivity contribution in [1.82, 2.24) is 20.1 Å². The highest BCUT2D eigenvalue weighted by Crippen LogP contribution is 2.24. The Morgan fingerprint density at radius 3 is 2.65 bits per heavy atom. The molecule has 0 aromatic carbocycles. The lowest BCUT2D eigenvalue weighted by atomic mass is 9.92. The van der Waals surface area contributed by atoms with Crippen molar-refractivity contribution in [2.75, 3.05) is 18.4 Å². The van der Waals surface area contributed by atoms with Gasteiger partial charge in [-0.15, -0.1) is 0 Å². The van der Waals surface area contributed by atoms with Crippen molar-refractivity contribution in [3.63, 3.8) is 0 Å². The van der Waals surface area contributed by atoms with E-state index in [2.05, 4.69) is 20.7 Å². The van der Waals surface area contributed by atoms with Crippen molar-refractivity contribution in [2.45, 2.75) is 46.0 Å². The molecule has 0 spiro atoms. The van der Waals surface area contributed by atoms with Crippen molar-refractivity contribution in [3.8, 4) is 0 Å². The largest absolute Gasteiger partial charge is 0.317 e. The van der Waals surface area contributed by atoms with Crippen LogP contribution in [-0.4, -0.2) is 33.8 Å². The number of nitrogens with zero attached hydrogens (tertiary/aromatic N) is 3. The van der Waals surface area contributed by atoms with Gasteiger partial charge < -0.3 is 5.32 Å². The standard InChI is InChI=1S/C14H25N5O/c1-14(2,3)9-11(20)16-13-17-12(18-19(13)4)10-5-7-15-8-6-10/h10,15H,5-9H2,1-4H3,(H,16,17,18,20). The van der Waals surface area contributed by atoms with Crippen molar-refractivity contribution in [1.29, 1.82) is 0 Å². The first-order valence-corrected chi connectivity index (χ1v) is 7.27. The molecule has 0 radical (unpaired) electrons. The number of anilines is 1. The van der Waals surface area contributed by atoms with Gasteiger partial charge in [-0.25, -0.2) is 4.68 Å². The number of aryl methyl sites for hydroxylation is 1. The van der Waals surface area contributed by atoms with Gasteiger partial charge in [-0.1, -0.05) is 20.8 Å². The average molecular weight is 279 g/mol. The van der Waals surface area contributed by atoms with Gasteiger partial charge in [0.15, 0.2) is 5.82 Å². The molecule has 20 heavy (non-hydrogen) atoms. The molecule has 1 amide bonds. The Bertz CT molecular complexity index is 468. The molecule has 2 N–H and O–H groups in total. The number of carbonyl (C=O) groups is 1. The number of carbonyl (C=O) groups excluding carboxylic acids is 1. The molecule has 0 bridgehead atoms. The topological polar surface area (TPSA) is 71.8 Å². The third-order valence-corrected chi connectivity index (χ3v) is 3.43. The Kier molecular flexibility index (Phi) is 4.42. The maximum Gasteiger partial charge on any atom is 0.227 e. The zero-order valence-corrected chi connectivity index (χ0v) is 12.9.